The van der Waals surface area contributed by atoms with Gasteiger partial charge < -0.3 is 15.5 Å². The summed E-state index contributed by atoms with van der Waals surface area (Å²) in [7, 11) is 0. The smallest absolute Gasteiger partial charge is 0.257 e. The van der Waals surface area contributed by atoms with Gasteiger partial charge in [0.05, 0.1) is 5.56 Å². The molecule has 0 atom stereocenters. The summed E-state index contributed by atoms with van der Waals surface area (Å²) in [6, 6.07) is 12.2. The third-order valence-corrected chi connectivity index (χ3v) is 4.99. The van der Waals surface area contributed by atoms with E-state index in [9.17, 15) is 4.79 Å². The van der Waals surface area contributed by atoms with Gasteiger partial charge in [-0.2, -0.15) is 0 Å². The first-order valence-corrected chi connectivity index (χ1v) is 9.58. The normalized spacial score (nSPS) is 14.2. The van der Waals surface area contributed by atoms with Crippen LogP contribution in [0.3, 0.4) is 0 Å². The van der Waals surface area contributed by atoms with E-state index in [2.05, 4.69) is 34.4 Å². The van der Waals surface area contributed by atoms with Crippen molar-refractivity contribution in [3.8, 4) is 0 Å². The Morgan fingerprint density at radius 3 is 2.35 bits per heavy atom. The highest BCUT2D eigenvalue weighted by atomic mass is 16.1. The maximum Gasteiger partial charge on any atom is 0.257 e. The molecular weight excluding hydrogens is 324 g/mol. The van der Waals surface area contributed by atoms with Gasteiger partial charge in [0, 0.05) is 36.7 Å². The number of carbonyl (C=O) groups excluding carboxylic acids is 1. The SMILES string of the molecule is CCN(CC)c1ccc(NC(=O)c2ccc(NC3CCCC3)nc2)cc1. The van der Waals surface area contributed by atoms with Crippen molar-refractivity contribution < 1.29 is 4.79 Å². The fourth-order valence-corrected chi connectivity index (χ4v) is 3.44. The minimum absolute atomic E-state index is 0.138. The molecule has 1 aromatic carbocycles. The van der Waals surface area contributed by atoms with Crippen molar-refractivity contribution in [1.29, 1.82) is 0 Å². The number of aromatic nitrogens is 1. The van der Waals surface area contributed by atoms with Crippen LogP contribution in [-0.2, 0) is 0 Å². The summed E-state index contributed by atoms with van der Waals surface area (Å²) in [6.45, 7) is 6.21. The zero-order valence-corrected chi connectivity index (χ0v) is 15.7. The third kappa shape index (κ3) is 4.54. The van der Waals surface area contributed by atoms with E-state index in [1.54, 1.807) is 6.20 Å². The molecule has 1 heterocycles. The number of pyridine rings is 1. The lowest BCUT2D eigenvalue weighted by Gasteiger charge is -2.21. The third-order valence-electron chi connectivity index (χ3n) is 4.99. The monoisotopic (exact) mass is 352 g/mol. The molecule has 0 bridgehead atoms. The predicted molar refractivity (Wildman–Crippen MR) is 108 cm³/mol. The number of hydrogen-bond acceptors (Lipinski definition) is 4. The molecule has 5 heteroatoms. The lowest BCUT2D eigenvalue weighted by atomic mass is 10.2. The van der Waals surface area contributed by atoms with Crippen LogP contribution in [-0.4, -0.2) is 30.0 Å². The number of nitrogens with one attached hydrogen (secondary N) is 2. The van der Waals surface area contributed by atoms with Gasteiger partial charge >= 0.3 is 0 Å². The molecule has 0 aliphatic heterocycles. The molecule has 1 fully saturated rings. The number of carbonyl (C=O) groups is 1. The number of nitrogens with zero attached hydrogens (tertiary/aromatic N) is 2. The molecule has 1 aliphatic carbocycles. The van der Waals surface area contributed by atoms with E-state index in [0.717, 1.165) is 30.3 Å². The Hall–Kier alpha value is -2.56. The Morgan fingerprint density at radius 1 is 1.08 bits per heavy atom. The first kappa shape index (κ1) is 18.2. The van der Waals surface area contributed by atoms with Crippen LogP contribution in [0.1, 0.15) is 49.9 Å². The van der Waals surface area contributed by atoms with Crippen LogP contribution in [0.4, 0.5) is 17.2 Å². The largest absolute Gasteiger partial charge is 0.372 e. The maximum atomic E-state index is 12.4. The van der Waals surface area contributed by atoms with E-state index >= 15 is 0 Å². The molecular formula is C21H28N4O. The van der Waals surface area contributed by atoms with E-state index in [4.69, 9.17) is 0 Å². The average molecular weight is 352 g/mol. The van der Waals surface area contributed by atoms with E-state index in [1.165, 1.54) is 25.7 Å². The van der Waals surface area contributed by atoms with Gasteiger partial charge in [-0.3, -0.25) is 4.79 Å². The Bertz CT molecular complexity index is 702. The summed E-state index contributed by atoms with van der Waals surface area (Å²) in [5.74, 6) is 0.706. The Kier molecular flexibility index (Phi) is 6.10. The molecule has 2 N–H and O–H groups in total. The van der Waals surface area contributed by atoms with Crippen LogP contribution in [0.15, 0.2) is 42.6 Å². The van der Waals surface area contributed by atoms with Crippen molar-refractivity contribution in [2.45, 2.75) is 45.6 Å². The van der Waals surface area contributed by atoms with Crippen molar-refractivity contribution in [3.63, 3.8) is 0 Å². The van der Waals surface area contributed by atoms with Crippen molar-refractivity contribution in [3.05, 3.63) is 48.2 Å². The second kappa shape index (κ2) is 8.70. The highest BCUT2D eigenvalue weighted by molar-refractivity contribution is 6.04. The maximum absolute atomic E-state index is 12.4. The Labute approximate surface area is 155 Å². The van der Waals surface area contributed by atoms with Gasteiger partial charge in [-0.15, -0.1) is 0 Å². The summed E-state index contributed by atoms with van der Waals surface area (Å²) < 4.78 is 0. The topological polar surface area (TPSA) is 57.3 Å². The van der Waals surface area contributed by atoms with Crippen molar-refractivity contribution in [2.24, 2.45) is 0 Å². The summed E-state index contributed by atoms with van der Waals surface area (Å²) in [6.07, 6.45) is 6.61. The van der Waals surface area contributed by atoms with Gasteiger partial charge in [0.25, 0.3) is 5.91 Å². The van der Waals surface area contributed by atoms with Crippen LogP contribution >= 0.6 is 0 Å². The molecule has 1 amide bonds. The van der Waals surface area contributed by atoms with Gasteiger partial charge in [0.2, 0.25) is 0 Å². The predicted octanol–water partition coefficient (Wildman–Crippen LogP) is 4.53. The average Bonchev–Trinajstić information content (AvgIpc) is 3.18. The van der Waals surface area contributed by atoms with Crippen molar-refractivity contribution >= 4 is 23.1 Å². The van der Waals surface area contributed by atoms with Crippen LogP contribution < -0.4 is 15.5 Å². The second-order valence-electron chi connectivity index (χ2n) is 6.73. The van der Waals surface area contributed by atoms with E-state index in [-0.39, 0.29) is 5.91 Å². The number of hydrogen-bond donors (Lipinski definition) is 2. The summed E-state index contributed by atoms with van der Waals surface area (Å²) in [5.41, 5.74) is 2.52. The van der Waals surface area contributed by atoms with Crippen LogP contribution in [0, 0.1) is 0 Å². The molecule has 26 heavy (non-hydrogen) atoms. The van der Waals surface area contributed by atoms with E-state index in [0.29, 0.717) is 11.6 Å². The minimum atomic E-state index is -0.138. The molecule has 3 rings (SSSR count). The van der Waals surface area contributed by atoms with Crippen LogP contribution in [0.25, 0.3) is 0 Å². The molecule has 2 aromatic rings. The first-order valence-electron chi connectivity index (χ1n) is 9.58. The second-order valence-corrected chi connectivity index (χ2v) is 6.73. The highest BCUT2D eigenvalue weighted by Gasteiger charge is 2.15. The lowest BCUT2D eigenvalue weighted by Crippen LogP contribution is -2.21. The molecule has 0 unspecified atom stereocenters. The van der Waals surface area contributed by atoms with Gasteiger partial charge in [0.1, 0.15) is 5.82 Å². The molecule has 1 aliphatic rings. The fraction of sp³-hybridized carbons (Fsp3) is 0.429. The molecule has 0 radical (unpaired) electrons. The lowest BCUT2D eigenvalue weighted by molar-refractivity contribution is 0.102. The Morgan fingerprint density at radius 2 is 1.77 bits per heavy atom. The molecule has 1 aromatic heterocycles. The number of benzene rings is 1. The standard InChI is InChI=1S/C21H28N4O/c1-3-25(4-2)19-12-10-18(11-13-19)24-21(26)16-9-14-20(22-15-16)23-17-7-5-6-8-17/h9-15,17H,3-8H2,1-2H3,(H,22,23)(H,24,26). The van der Waals surface area contributed by atoms with E-state index in [1.807, 2.05) is 36.4 Å². The van der Waals surface area contributed by atoms with Gasteiger partial charge in [0.15, 0.2) is 0 Å². The Balaban J connectivity index is 1.58. The van der Waals surface area contributed by atoms with E-state index < -0.39 is 0 Å². The van der Waals surface area contributed by atoms with Crippen molar-refractivity contribution in [2.75, 3.05) is 28.6 Å². The van der Waals surface area contributed by atoms with Crippen LogP contribution in [0.5, 0.6) is 0 Å². The van der Waals surface area contributed by atoms with Gasteiger partial charge in [-0.25, -0.2) is 4.98 Å². The van der Waals surface area contributed by atoms with Gasteiger partial charge in [-0.05, 0) is 63.1 Å². The zero-order valence-electron chi connectivity index (χ0n) is 15.7. The number of rotatable bonds is 7. The quantitative estimate of drug-likeness (QED) is 0.768. The first-order chi connectivity index (χ1) is 12.7. The van der Waals surface area contributed by atoms with Crippen LogP contribution in [0.2, 0.25) is 0 Å². The molecule has 0 saturated heterocycles. The summed E-state index contributed by atoms with van der Waals surface area (Å²) in [4.78, 5) is 19.1. The summed E-state index contributed by atoms with van der Waals surface area (Å²) in [5, 5.41) is 6.37. The fourth-order valence-electron chi connectivity index (χ4n) is 3.44. The zero-order chi connectivity index (χ0) is 18.4. The highest BCUT2D eigenvalue weighted by Crippen LogP contribution is 2.22. The number of anilines is 3. The minimum Gasteiger partial charge on any atom is -0.372 e. The molecule has 5 nitrogen and oxygen atoms in total. The molecule has 0 spiro atoms. The molecule has 138 valence electrons. The van der Waals surface area contributed by atoms with Gasteiger partial charge in [-0.1, -0.05) is 12.8 Å². The summed E-state index contributed by atoms with van der Waals surface area (Å²) >= 11 is 0. The van der Waals surface area contributed by atoms with Crippen molar-refractivity contribution in [1.82, 2.24) is 4.98 Å². The molecule has 1 saturated carbocycles. The number of amides is 1.